The van der Waals surface area contributed by atoms with E-state index < -0.39 is 11.9 Å². The summed E-state index contributed by atoms with van der Waals surface area (Å²) in [6.07, 6.45) is 3.52. The number of carboxylic acids is 1. The molecule has 0 aromatic rings. The summed E-state index contributed by atoms with van der Waals surface area (Å²) in [7, 11) is 0. The van der Waals surface area contributed by atoms with E-state index in [0.29, 0.717) is 6.54 Å². The van der Waals surface area contributed by atoms with Gasteiger partial charge in [-0.2, -0.15) is 0 Å². The van der Waals surface area contributed by atoms with Crippen molar-refractivity contribution in [1.82, 2.24) is 10.6 Å². The Hall–Kier alpha value is -1.26. The van der Waals surface area contributed by atoms with Gasteiger partial charge in [-0.1, -0.05) is 13.3 Å². The Kier molecular flexibility index (Phi) is 4.37. The average Bonchev–Trinajstić information content (AvgIpc) is 2.22. The van der Waals surface area contributed by atoms with Crippen molar-refractivity contribution in [2.24, 2.45) is 11.3 Å². The molecule has 0 spiro atoms. The third-order valence-electron chi connectivity index (χ3n) is 3.73. The molecule has 0 saturated heterocycles. The Morgan fingerprint density at radius 3 is 2.35 bits per heavy atom. The van der Waals surface area contributed by atoms with Crippen LogP contribution in [0.3, 0.4) is 0 Å². The fraction of sp³-hybridized carbons (Fsp3) is 0.833. The molecule has 2 amide bonds. The smallest absolute Gasteiger partial charge is 0.315 e. The first-order valence-electron chi connectivity index (χ1n) is 6.11. The molecule has 0 bridgehead atoms. The largest absolute Gasteiger partial charge is 0.481 e. The highest BCUT2D eigenvalue weighted by atomic mass is 16.4. The number of aliphatic carboxylic acids is 1. The maximum Gasteiger partial charge on any atom is 0.315 e. The van der Waals surface area contributed by atoms with Gasteiger partial charge in [-0.05, 0) is 32.1 Å². The van der Waals surface area contributed by atoms with E-state index in [0.717, 1.165) is 12.8 Å². The van der Waals surface area contributed by atoms with Crippen LogP contribution >= 0.6 is 0 Å². The van der Waals surface area contributed by atoms with Crippen LogP contribution in [0.15, 0.2) is 0 Å². The first-order chi connectivity index (χ1) is 7.84. The topological polar surface area (TPSA) is 78.4 Å². The number of carbonyl (C=O) groups excluding carboxylic acids is 1. The van der Waals surface area contributed by atoms with E-state index >= 15 is 0 Å². The van der Waals surface area contributed by atoms with Crippen molar-refractivity contribution in [1.29, 1.82) is 0 Å². The first-order valence-corrected chi connectivity index (χ1v) is 6.11. The van der Waals surface area contributed by atoms with Crippen molar-refractivity contribution in [3.63, 3.8) is 0 Å². The van der Waals surface area contributed by atoms with Crippen LogP contribution in [0.5, 0.6) is 0 Å². The van der Waals surface area contributed by atoms with Gasteiger partial charge in [0.25, 0.3) is 0 Å². The van der Waals surface area contributed by atoms with Crippen LogP contribution < -0.4 is 10.6 Å². The van der Waals surface area contributed by atoms with E-state index in [9.17, 15) is 9.59 Å². The Bertz CT molecular complexity index is 300. The zero-order valence-electron chi connectivity index (χ0n) is 10.7. The lowest BCUT2D eigenvalue weighted by Gasteiger charge is -2.38. The SMILES string of the molecule is CC(NC(=O)NCC1(C)CCC1)C(C)C(=O)O. The molecule has 0 aromatic carbocycles. The van der Waals surface area contributed by atoms with Gasteiger partial charge in [0.2, 0.25) is 0 Å². The molecule has 0 radical (unpaired) electrons. The number of hydrogen-bond acceptors (Lipinski definition) is 2. The fourth-order valence-electron chi connectivity index (χ4n) is 1.85. The molecule has 1 rings (SSSR count). The summed E-state index contributed by atoms with van der Waals surface area (Å²) in [5.41, 5.74) is 0.235. The van der Waals surface area contributed by atoms with E-state index in [1.807, 2.05) is 0 Å². The van der Waals surface area contributed by atoms with E-state index in [1.54, 1.807) is 13.8 Å². The zero-order valence-corrected chi connectivity index (χ0v) is 10.7. The molecule has 0 heterocycles. The van der Waals surface area contributed by atoms with Gasteiger partial charge < -0.3 is 15.7 Å². The molecule has 1 aliphatic rings. The second kappa shape index (κ2) is 5.38. The molecule has 1 fully saturated rings. The van der Waals surface area contributed by atoms with Gasteiger partial charge in [0.1, 0.15) is 0 Å². The van der Waals surface area contributed by atoms with Crippen molar-refractivity contribution in [3.05, 3.63) is 0 Å². The lowest BCUT2D eigenvalue weighted by atomic mass is 9.70. The molecule has 0 aromatic heterocycles. The van der Waals surface area contributed by atoms with Crippen LogP contribution in [0.4, 0.5) is 4.79 Å². The predicted molar refractivity (Wildman–Crippen MR) is 64.8 cm³/mol. The highest BCUT2D eigenvalue weighted by molar-refractivity contribution is 5.76. The maximum atomic E-state index is 11.6. The van der Waals surface area contributed by atoms with Crippen LogP contribution in [0, 0.1) is 11.3 Å². The number of rotatable bonds is 5. The van der Waals surface area contributed by atoms with Crippen molar-refractivity contribution < 1.29 is 14.7 Å². The molecule has 1 saturated carbocycles. The predicted octanol–water partition coefficient (Wildman–Crippen LogP) is 1.58. The highest BCUT2D eigenvalue weighted by Crippen LogP contribution is 2.39. The van der Waals surface area contributed by atoms with Gasteiger partial charge in [0, 0.05) is 12.6 Å². The second-order valence-electron chi connectivity index (χ2n) is 5.41. The normalized spacial score (nSPS) is 20.9. The maximum absolute atomic E-state index is 11.6. The van der Waals surface area contributed by atoms with Crippen LogP contribution in [0.25, 0.3) is 0 Å². The quantitative estimate of drug-likeness (QED) is 0.685. The zero-order chi connectivity index (χ0) is 13.1. The minimum atomic E-state index is -0.899. The molecule has 0 aliphatic heterocycles. The van der Waals surface area contributed by atoms with Gasteiger partial charge in [0.05, 0.1) is 5.92 Å². The third-order valence-corrected chi connectivity index (χ3v) is 3.73. The Morgan fingerprint density at radius 1 is 1.35 bits per heavy atom. The van der Waals surface area contributed by atoms with Crippen LogP contribution in [-0.4, -0.2) is 29.7 Å². The summed E-state index contributed by atoms with van der Waals surface area (Å²) < 4.78 is 0. The summed E-state index contributed by atoms with van der Waals surface area (Å²) in [5, 5.41) is 14.3. The highest BCUT2D eigenvalue weighted by Gasteiger charge is 2.32. The molecule has 5 nitrogen and oxygen atoms in total. The number of amides is 2. The van der Waals surface area contributed by atoms with Gasteiger partial charge in [-0.3, -0.25) is 4.79 Å². The summed E-state index contributed by atoms with van der Waals surface area (Å²) in [5.74, 6) is -1.48. The molecule has 1 aliphatic carbocycles. The standard InChI is InChI=1S/C12H22N2O3/c1-8(10(15)16)9(2)14-11(17)13-7-12(3)5-4-6-12/h8-9H,4-7H2,1-3H3,(H,15,16)(H2,13,14,17). The monoisotopic (exact) mass is 242 g/mol. The molecular formula is C12H22N2O3. The first kappa shape index (κ1) is 13.8. The summed E-state index contributed by atoms with van der Waals surface area (Å²) in [6.45, 7) is 6.09. The molecule has 2 unspecified atom stereocenters. The molecule has 98 valence electrons. The van der Waals surface area contributed by atoms with Gasteiger partial charge in [-0.25, -0.2) is 4.79 Å². The molecule has 5 heteroatoms. The van der Waals surface area contributed by atoms with E-state index in [4.69, 9.17) is 5.11 Å². The number of carboxylic acid groups (broad SMARTS) is 1. The van der Waals surface area contributed by atoms with E-state index in [2.05, 4.69) is 17.6 Å². The summed E-state index contributed by atoms with van der Waals surface area (Å²) >= 11 is 0. The molecule has 3 N–H and O–H groups in total. The summed E-state index contributed by atoms with van der Waals surface area (Å²) in [6, 6.07) is -0.652. The average molecular weight is 242 g/mol. The van der Waals surface area contributed by atoms with Crippen LogP contribution in [0.1, 0.15) is 40.0 Å². The lowest BCUT2D eigenvalue weighted by Crippen LogP contribution is -2.48. The third kappa shape index (κ3) is 3.91. The number of carbonyl (C=O) groups is 2. The van der Waals surface area contributed by atoms with Crippen molar-refractivity contribution in [3.8, 4) is 0 Å². The number of nitrogens with one attached hydrogen (secondary N) is 2. The van der Waals surface area contributed by atoms with E-state index in [1.165, 1.54) is 6.42 Å². The lowest BCUT2D eigenvalue weighted by molar-refractivity contribution is -0.141. The van der Waals surface area contributed by atoms with Gasteiger partial charge in [-0.15, -0.1) is 0 Å². The minimum absolute atomic E-state index is 0.235. The van der Waals surface area contributed by atoms with Gasteiger partial charge >= 0.3 is 12.0 Å². The Labute approximate surface area is 102 Å². The van der Waals surface area contributed by atoms with E-state index in [-0.39, 0.29) is 17.5 Å². The van der Waals surface area contributed by atoms with Crippen molar-refractivity contribution >= 4 is 12.0 Å². The van der Waals surface area contributed by atoms with Crippen LogP contribution in [-0.2, 0) is 4.79 Å². The van der Waals surface area contributed by atoms with Crippen molar-refractivity contribution in [2.45, 2.75) is 46.1 Å². The number of hydrogen-bond donors (Lipinski definition) is 3. The summed E-state index contributed by atoms with van der Waals surface area (Å²) in [4.78, 5) is 22.3. The Morgan fingerprint density at radius 2 is 1.94 bits per heavy atom. The van der Waals surface area contributed by atoms with Gasteiger partial charge in [0.15, 0.2) is 0 Å². The molecule has 2 atom stereocenters. The van der Waals surface area contributed by atoms with Crippen LogP contribution in [0.2, 0.25) is 0 Å². The number of urea groups is 1. The Balaban J connectivity index is 2.26. The van der Waals surface area contributed by atoms with Crippen molar-refractivity contribution in [2.75, 3.05) is 6.54 Å². The minimum Gasteiger partial charge on any atom is -0.481 e. The molecular weight excluding hydrogens is 220 g/mol. The fourth-order valence-corrected chi connectivity index (χ4v) is 1.85. The second-order valence-corrected chi connectivity index (χ2v) is 5.41. The molecule has 17 heavy (non-hydrogen) atoms.